The number of halogens is 2. The van der Waals surface area contributed by atoms with Crippen LogP contribution >= 0.6 is 27.5 Å². The van der Waals surface area contributed by atoms with Crippen LogP contribution in [0.15, 0.2) is 40.9 Å². The van der Waals surface area contributed by atoms with Crippen molar-refractivity contribution in [1.82, 2.24) is 0 Å². The van der Waals surface area contributed by atoms with Gasteiger partial charge in [0, 0.05) is 9.50 Å². The fraction of sp³-hybridized carbons (Fsp3) is 0.278. The van der Waals surface area contributed by atoms with Crippen LogP contribution in [0.4, 0.5) is 0 Å². The minimum absolute atomic E-state index is 0.0525. The van der Waals surface area contributed by atoms with Crippen molar-refractivity contribution >= 4 is 33.5 Å². The Balaban J connectivity index is 2.77. The first-order valence-corrected chi connectivity index (χ1v) is 8.09. The maximum absolute atomic E-state index is 12.1. The molecule has 0 atom stereocenters. The Morgan fingerprint density at radius 3 is 2.36 bits per heavy atom. The molecule has 0 N–H and O–H groups in total. The van der Waals surface area contributed by atoms with Gasteiger partial charge in [-0.2, -0.15) is 0 Å². The van der Waals surface area contributed by atoms with Gasteiger partial charge in [-0.25, -0.2) is 4.79 Å². The predicted molar refractivity (Wildman–Crippen MR) is 94.6 cm³/mol. The van der Waals surface area contributed by atoms with E-state index in [0.29, 0.717) is 10.6 Å². The number of carbonyl (C=O) groups excluding carboxylic acids is 1. The van der Waals surface area contributed by atoms with E-state index in [1.54, 1.807) is 12.1 Å². The number of carbonyl (C=O) groups is 1. The molecule has 0 aliphatic rings. The van der Waals surface area contributed by atoms with E-state index in [9.17, 15) is 4.79 Å². The summed E-state index contributed by atoms with van der Waals surface area (Å²) < 4.78 is 5.86. The van der Waals surface area contributed by atoms with Crippen molar-refractivity contribution in [2.24, 2.45) is 0 Å². The Morgan fingerprint density at radius 2 is 1.77 bits per heavy atom. The van der Waals surface area contributed by atoms with E-state index in [2.05, 4.69) is 42.8 Å². The lowest BCUT2D eigenvalue weighted by atomic mass is 9.81. The molecule has 2 rings (SSSR count). The standard InChI is InChI=1S/C18H18BrClO2/c1-18(2,3)16-8-5-11(19)9-14(16)13-7-6-12(20)10-15(13)17(21)22-4/h5-10H,1-4H3. The molecule has 4 heteroatoms. The highest BCUT2D eigenvalue weighted by atomic mass is 79.9. The van der Waals surface area contributed by atoms with Crippen LogP contribution in [0, 0.1) is 0 Å². The summed E-state index contributed by atoms with van der Waals surface area (Å²) in [5.74, 6) is -0.391. The van der Waals surface area contributed by atoms with Crippen LogP contribution in [-0.4, -0.2) is 13.1 Å². The highest BCUT2D eigenvalue weighted by Gasteiger charge is 2.22. The van der Waals surface area contributed by atoms with Gasteiger partial charge >= 0.3 is 5.97 Å². The highest BCUT2D eigenvalue weighted by molar-refractivity contribution is 9.10. The van der Waals surface area contributed by atoms with Crippen LogP contribution in [0.3, 0.4) is 0 Å². The zero-order valence-corrected chi connectivity index (χ0v) is 15.4. The summed E-state index contributed by atoms with van der Waals surface area (Å²) in [6.07, 6.45) is 0. The van der Waals surface area contributed by atoms with Gasteiger partial charge in [-0.05, 0) is 46.4 Å². The molecule has 2 aromatic rings. The topological polar surface area (TPSA) is 26.3 Å². The smallest absolute Gasteiger partial charge is 0.338 e. The Hall–Kier alpha value is -1.32. The third kappa shape index (κ3) is 3.53. The van der Waals surface area contributed by atoms with Crippen molar-refractivity contribution in [3.63, 3.8) is 0 Å². The number of rotatable bonds is 2. The van der Waals surface area contributed by atoms with Crippen molar-refractivity contribution < 1.29 is 9.53 Å². The maximum Gasteiger partial charge on any atom is 0.338 e. The van der Waals surface area contributed by atoms with Crippen molar-refractivity contribution in [2.75, 3.05) is 7.11 Å². The van der Waals surface area contributed by atoms with E-state index in [1.807, 2.05) is 18.2 Å². The number of ether oxygens (including phenoxy) is 1. The zero-order valence-electron chi connectivity index (χ0n) is 13.0. The molecule has 0 heterocycles. The average molecular weight is 382 g/mol. The van der Waals surface area contributed by atoms with Gasteiger partial charge < -0.3 is 4.74 Å². The third-order valence-corrected chi connectivity index (χ3v) is 4.20. The molecule has 0 amide bonds. The lowest BCUT2D eigenvalue weighted by Crippen LogP contribution is -2.14. The summed E-state index contributed by atoms with van der Waals surface area (Å²) >= 11 is 9.56. The summed E-state index contributed by atoms with van der Waals surface area (Å²) in [5, 5.41) is 0.511. The molecule has 22 heavy (non-hydrogen) atoms. The lowest BCUT2D eigenvalue weighted by molar-refractivity contribution is 0.0601. The largest absolute Gasteiger partial charge is 0.465 e. The molecule has 0 unspecified atom stereocenters. The Morgan fingerprint density at radius 1 is 1.09 bits per heavy atom. The minimum atomic E-state index is -0.391. The monoisotopic (exact) mass is 380 g/mol. The van der Waals surface area contributed by atoms with Crippen molar-refractivity contribution in [1.29, 1.82) is 0 Å². The van der Waals surface area contributed by atoms with Crippen LogP contribution in [0.25, 0.3) is 11.1 Å². The van der Waals surface area contributed by atoms with E-state index in [4.69, 9.17) is 16.3 Å². The Labute approximate surface area is 144 Å². The molecule has 0 saturated heterocycles. The first-order chi connectivity index (χ1) is 10.2. The molecule has 0 aliphatic carbocycles. The minimum Gasteiger partial charge on any atom is -0.465 e. The zero-order chi connectivity index (χ0) is 16.5. The number of methoxy groups -OCH3 is 1. The van der Waals surface area contributed by atoms with Crippen LogP contribution in [0.2, 0.25) is 5.02 Å². The molecule has 0 aromatic heterocycles. The molecule has 2 aromatic carbocycles. The molecular formula is C18H18BrClO2. The van der Waals surface area contributed by atoms with Crippen molar-refractivity contribution in [2.45, 2.75) is 26.2 Å². The first kappa shape index (κ1) is 17.0. The second-order valence-electron chi connectivity index (χ2n) is 6.12. The van der Waals surface area contributed by atoms with Gasteiger partial charge in [-0.1, -0.05) is 60.4 Å². The molecule has 0 saturated carbocycles. The second kappa shape index (κ2) is 6.43. The van der Waals surface area contributed by atoms with Crippen LogP contribution in [0.5, 0.6) is 0 Å². The van der Waals surface area contributed by atoms with Gasteiger partial charge in [0.2, 0.25) is 0 Å². The van der Waals surface area contributed by atoms with Crippen molar-refractivity contribution in [3.8, 4) is 11.1 Å². The van der Waals surface area contributed by atoms with Gasteiger partial charge in [0.1, 0.15) is 0 Å². The first-order valence-electron chi connectivity index (χ1n) is 6.92. The maximum atomic E-state index is 12.1. The van der Waals surface area contributed by atoms with Crippen LogP contribution < -0.4 is 0 Å². The Bertz CT molecular complexity index is 718. The van der Waals surface area contributed by atoms with Crippen LogP contribution in [0.1, 0.15) is 36.7 Å². The number of hydrogen-bond acceptors (Lipinski definition) is 2. The summed E-state index contributed by atoms with van der Waals surface area (Å²) in [6.45, 7) is 6.44. The average Bonchev–Trinajstić information content (AvgIpc) is 2.45. The van der Waals surface area contributed by atoms with E-state index >= 15 is 0 Å². The number of esters is 1. The van der Waals surface area contributed by atoms with Gasteiger partial charge in [0.25, 0.3) is 0 Å². The van der Waals surface area contributed by atoms with Gasteiger partial charge in [-0.15, -0.1) is 0 Å². The van der Waals surface area contributed by atoms with Gasteiger partial charge in [0.15, 0.2) is 0 Å². The molecule has 0 spiro atoms. The number of hydrogen-bond donors (Lipinski definition) is 0. The second-order valence-corrected chi connectivity index (χ2v) is 7.47. The lowest BCUT2D eigenvalue weighted by Gasteiger charge is -2.24. The molecule has 0 bridgehead atoms. The summed E-state index contributed by atoms with van der Waals surface area (Å²) in [5.41, 5.74) is 3.39. The highest BCUT2D eigenvalue weighted by Crippen LogP contribution is 2.37. The predicted octanol–water partition coefficient (Wildman–Crippen LogP) is 5.85. The Kier molecular flexibility index (Phi) is 4.98. The molecule has 2 nitrogen and oxygen atoms in total. The van der Waals surface area contributed by atoms with E-state index < -0.39 is 5.97 Å². The molecule has 116 valence electrons. The van der Waals surface area contributed by atoms with Crippen molar-refractivity contribution in [3.05, 3.63) is 57.0 Å². The molecular weight excluding hydrogens is 364 g/mol. The summed E-state index contributed by atoms with van der Waals surface area (Å²) in [7, 11) is 1.37. The fourth-order valence-corrected chi connectivity index (χ4v) is 2.96. The quantitative estimate of drug-likeness (QED) is 0.610. The SMILES string of the molecule is COC(=O)c1cc(Cl)ccc1-c1cc(Br)ccc1C(C)(C)C. The molecule has 0 fully saturated rings. The van der Waals surface area contributed by atoms with Gasteiger partial charge in [-0.3, -0.25) is 0 Å². The summed E-state index contributed by atoms with van der Waals surface area (Å²) in [6, 6.07) is 11.4. The molecule has 0 radical (unpaired) electrons. The van der Waals surface area contributed by atoms with E-state index in [1.165, 1.54) is 7.11 Å². The third-order valence-electron chi connectivity index (χ3n) is 3.47. The fourth-order valence-electron chi connectivity index (χ4n) is 2.42. The van der Waals surface area contributed by atoms with E-state index in [-0.39, 0.29) is 5.41 Å². The molecule has 0 aliphatic heterocycles. The normalized spacial score (nSPS) is 11.4. The number of benzene rings is 2. The van der Waals surface area contributed by atoms with Crippen LogP contribution in [-0.2, 0) is 10.2 Å². The van der Waals surface area contributed by atoms with E-state index in [0.717, 1.165) is 21.2 Å². The van der Waals surface area contributed by atoms with Gasteiger partial charge in [0.05, 0.1) is 12.7 Å². The summed E-state index contributed by atoms with van der Waals surface area (Å²) in [4.78, 5) is 12.1.